The quantitative estimate of drug-likeness (QED) is 0.672. The van der Waals surface area contributed by atoms with E-state index in [1.807, 2.05) is 0 Å². The van der Waals surface area contributed by atoms with Crippen LogP contribution < -0.4 is 0 Å². The zero-order valence-corrected chi connectivity index (χ0v) is 9.21. The number of benzene rings is 1. The van der Waals surface area contributed by atoms with E-state index in [-0.39, 0.29) is 0 Å². The number of hydrogen-bond acceptors (Lipinski definition) is 1. The molecule has 2 atom stereocenters. The number of aliphatic imine (C=N–C) groups is 1. The smallest absolute Gasteiger partial charge is 0.0423 e. The zero-order chi connectivity index (χ0) is 10.8. The van der Waals surface area contributed by atoms with Gasteiger partial charge in [0.15, 0.2) is 0 Å². The molecule has 2 unspecified atom stereocenters. The molecule has 1 nitrogen and oxygen atoms in total. The van der Waals surface area contributed by atoms with Crippen molar-refractivity contribution >= 4 is 5.71 Å². The summed E-state index contributed by atoms with van der Waals surface area (Å²) in [6.07, 6.45) is 9.83. The summed E-state index contributed by atoms with van der Waals surface area (Å²) in [6.45, 7) is 0.962. The predicted molar refractivity (Wildman–Crippen MR) is 67.9 cm³/mol. The zero-order valence-electron chi connectivity index (χ0n) is 9.21. The highest BCUT2D eigenvalue weighted by molar-refractivity contribution is 6.00. The summed E-state index contributed by atoms with van der Waals surface area (Å²) in [6, 6.07) is 10.8. The van der Waals surface area contributed by atoms with Gasteiger partial charge >= 0.3 is 0 Å². The molecule has 0 amide bonds. The van der Waals surface area contributed by atoms with E-state index in [2.05, 4.69) is 59.6 Å². The third kappa shape index (κ3) is 1.63. The Balaban J connectivity index is 1.96. The third-order valence-electron chi connectivity index (χ3n) is 3.43. The fourth-order valence-corrected chi connectivity index (χ4v) is 2.63. The maximum atomic E-state index is 4.61. The number of hydrogen-bond donors (Lipinski definition) is 0. The molecular weight excluding hydrogens is 194 g/mol. The lowest BCUT2D eigenvalue weighted by atomic mass is 9.77. The molecule has 1 aliphatic heterocycles. The number of nitrogens with zero attached hydrogens (tertiary/aromatic N) is 1. The number of allylic oxidation sites excluding steroid dienone is 4. The van der Waals surface area contributed by atoms with Crippen LogP contribution in [0, 0.1) is 5.92 Å². The van der Waals surface area contributed by atoms with E-state index >= 15 is 0 Å². The molecule has 1 heterocycles. The van der Waals surface area contributed by atoms with Crippen molar-refractivity contribution in [2.24, 2.45) is 10.9 Å². The van der Waals surface area contributed by atoms with Gasteiger partial charge in [0.1, 0.15) is 0 Å². The van der Waals surface area contributed by atoms with Gasteiger partial charge in [0.2, 0.25) is 0 Å². The van der Waals surface area contributed by atoms with Crippen LogP contribution >= 0.6 is 0 Å². The number of rotatable bonds is 1. The summed E-state index contributed by atoms with van der Waals surface area (Å²) in [5, 5.41) is 0. The summed E-state index contributed by atoms with van der Waals surface area (Å²) in [4.78, 5) is 4.61. The van der Waals surface area contributed by atoms with Gasteiger partial charge in [0.05, 0.1) is 0 Å². The van der Waals surface area contributed by atoms with Crippen LogP contribution in [0.4, 0.5) is 0 Å². The summed E-state index contributed by atoms with van der Waals surface area (Å²) >= 11 is 0. The molecule has 0 radical (unpaired) electrons. The van der Waals surface area contributed by atoms with Crippen molar-refractivity contribution in [3.8, 4) is 0 Å². The van der Waals surface area contributed by atoms with Gasteiger partial charge < -0.3 is 0 Å². The molecule has 16 heavy (non-hydrogen) atoms. The molecule has 2 aliphatic rings. The van der Waals surface area contributed by atoms with Gasteiger partial charge in [-0.05, 0) is 24.0 Å². The van der Waals surface area contributed by atoms with E-state index in [0.717, 1.165) is 13.0 Å². The van der Waals surface area contributed by atoms with E-state index in [4.69, 9.17) is 0 Å². The number of fused-ring (bicyclic) bond motifs is 1. The maximum absolute atomic E-state index is 4.61. The Morgan fingerprint density at radius 3 is 2.81 bits per heavy atom. The fraction of sp³-hybridized carbons (Fsp3) is 0.267. The van der Waals surface area contributed by atoms with Crippen molar-refractivity contribution in [3.63, 3.8) is 0 Å². The summed E-state index contributed by atoms with van der Waals surface area (Å²) in [7, 11) is 0. The second-order valence-corrected chi connectivity index (χ2v) is 4.38. The Labute approximate surface area is 96.2 Å². The average molecular weight is 209 g/mol. The van der Waals surface area contributed by atoms with Gasteiger partial charge in [-0.2, -0.15) is 0 Å². The van der Waals surface area contributed by atoms with Gasteiger partial charge in [-0.1, -0.05) is 48.6 Å². The van der Waals surface area contributed by atoms with E-state index in [1.165, 1.54) is 11.3 Å². The van der Waals surface area contributed by atoms with Crippen LogP contribution in [0.15, 0.2) is 59.6 Å². The summed E-state index contributed by atoms with van der Waals surface area (Å²) < 4.78 is 0. The first kappa shape index (κ1) is 9.59. The highest BCUT2D eigenvalue weighted by Crippen LogP contribution is 2.34. The first-order valence-electron chi connectivity index (χ1n) is 5.89. The minimum Gasteiger partial charge on any atom is -0.289 e. The normalized spacial score (nSPS) is 27.4. The molecule has 1 aromatic rings. The van der Waals surface area contributed by atoms with Crippen LogP contribution in [-0.2, 0) is 0 Å². The van der Waals surface area contributed by atoms with Crippen LogP contribution in [0.5, 0.6) is 0 Å². The Hall–Kier alpha value is -1.63. The summed E-state index contributed by atoms with van der Waals surface area (Å²) in [5.74, 6) is 1.09. The molecule has 0 bridgehead atoms. The first-order valence-corrected chi connectivity index (χ1v) is 5.89. The SMILES string of the molecule is C1=CC2=NCCC(c3ccccc3)C2C=C1. The largest absolute Gasteiger partial charge is 0.289 e. The topological polar surface area (TPSA) is 12.4 Å². The standard InChI is InChI=1S/C15H15N/c1-2-6-12(7-3-1)13-10-11-16-15-9-5-4-8-14(13)15/h1-9,13-14H,10-11H2. The van der Waals surface area contributed by atoms with Crippen molar-refractivity contribution in [2.45, 2.75) is 12.3 Å². The van der Waals surface area contributed by atoms with Crippen molar-refractivity contribution < 1.29 is 0 Å². The molecule has 1 aliphatic carbocycles. The molecule has 0 fully saturated rings. The molecular formula is C15H15N. The third-order valence-corrected chi connectivity index (χ3v) is 3.43. The molecule has 0 spiro atoms. The van der Waals surface area contributed by atoms with Crippen LogP contribution in [0.25, 0.3) is 0 Å². The van der Waals surface area contributed by atoms with E-state index in [0.29, 0.717) is 11.8 Å². The highest BCUT2D eigenvalue weighted by Gasteiger charge is 2.27. The maximum Gasteiger partial charge on any atom is 0.0423 e. The molecule has 3 rings (SSSR count). The Kier molecular flexibility index (Phi) is 2.45. The van der Waals surface area contributed by atoms with Crippen LogP contribution in [0.1, 0.15) is 17.9 Å². The Morgan fingerprint density at radius 1 is 1.06 bits per heavy atom. The van der Waals surface area contributed by atoms with Crippen molar-refractivity contribution in [1.29, 1.82) is 0 Å². The lowest BCUT2D eigenvalue weighted by Crippen LogP contribution is -2.25. The molecule has 0 saturated carbocycles. The second kappa shape index (κ2) is 4.09. The van der Waals surface area contributed by atoms with Gasteiger partial charge in [0.25, 0.3) is 0 Å². The molecule has 80 valence electrons. The van der Waals surface area contributed by atoms with Crippen molar-refractivity contribution in [2.75, 3.05) is 6.54 Å². The van der Waals surface area contributed by atoms with E-state index < -0.39 is 0 Å². The molecule has 1 heteroatoms. The van der Waals surface area contributed by atoms with Crippen molar-refractivity contribution in [3.05, 3.63) is 60.2 Å². The van der Waals surface area contributed by atoms with Gasteiger partial charge in [0, 0.05) is 18.2 Å². The minimum atomic E-state index is 0.487. The van der Waals surface area contributed by atoms with Crippen molar-refractivity contribution in [1.82, 2.24) is 0 Å². The summed E-state index contributed by atoms with van der Waals surface area (Å²) in [5.41, 5.74) is 2.70. The second-order valence-electron chi connectivity index (χ2n) is 4.38. The fourth-order valence-electron chi connectivity index (χ4n) is 2.63. The van der Waals surface area contributed by atoms with Gasteiger partial charge in [-0.25, -0.2) is 0 Å². The molecule has 0 saturated heterocycles. The van der Waals surface area contributed by atoms with Crippen LogP contribution in [0.2, 0.25) is 0 Å². The monoisotopic (exact) mass is 209 g/mol. The Bertz CT molecular complexity index is 454. The lowest BCUT2D eigenvalue weighted by Gasteiger charge is -2.30. The van der Waals surface area contributed by atoms with E-state index in [9.17, 15) is 0 Å². The molecule has 0 N–H and O–H groups in total. The van der Waals surface area contributed by atoms with Crippen LogP contribution in [-0.4, -0.2) is 12.3 Å². The predicted octanol–water partition coefficient (Wildman–Crippen LogP) is 3.36. The van der Waals surface area contributed by atoms with Crippen LogP contribution in [0.3, 0.4) is 0 Å². The Morgan fingerprint density at radius 2 is 1.94 bits per heavy atom. The first-order chi connectivity index (χ1) is 7.95. The van der Waals surface area contributed by atoms with Gasteiger partial charge in [-0.3, -0.25) is 4.99 Å². The van der Waals surface area contributed by atoms with Gasteiger partial charge in [-0.15, -0.1) is 0 Å². The van der Waals surface area contributed by atoms with E-state index in [1.54, 1.807) is 0 Å². The molecule has 0 aromatic heterocycles. The lowest BCUT2D eigenvalue weighted by molar-refractivity contribution is 0.551. The highest BCUT2D eigenvalue weighted by atomic mass is 14.8. The average Bonchev–Trinajstić information content (AvgIpc) is 2.39. The minimum absolute atomic E-state index is 0.487. The molecule has 1 aromatic carbocycles.